The Labute approximate surface area is 91.8 Å². The summed E-state index contributed by atoms with van der Waals surface area (Å²) in [6, 6.07) is 2.20. The van der Waals surface area contributed by atoms with Crippen molar-refractivity contribution in [2.75, 3.05) is 19.8 Å². The lowest BCUT2D eigenvalue weighted by Gasteiger charge is -2.25. The van der Waals surface area contributed by atoms with Gasteiger partial charge >= 0.3 is 0 Å². The van der Waals surface area contributed by atoms with Crippen LogP contribution in [-0.4, -0.2) is 36.6 Å². The van der Waals surface area contributed by atoms with Crippen LogP contribution in [-0.2, 0) is 9.53 Å². The standard InChI is InChI=1S/C11H20N2O2/c1-4-15-9-6-11(14)13(10(2)3)8-5-7-12/h10H,4-6,8-9H2,1-3H3. The minimum Gasteiger partial charge on any atom is -0.381 e. The lowest BCUT2D eigenvalue weighted by atomic mass is 10.2. The predicted molar refractivity (Wildman–Crippen MR) is 58.2 cm³/mol. The minimum absolute atomic E-state index is 0.0636. The van der Waals surface area contributed by atoms with E-state index in [9.17, 15) is 4.79 Å². The van der Waals surface area contributed by atoms with Crippen molar-refractivity contribution >= 4 is 5.91 Å². The van der Waals surface area contributed by atoms with Crippen LogP contribution in [0.5, 0.6) is 0 Å². The van der Waals surface area contributed by atoms with Gasteiger partial charge in [-0.3, -0.25) is 4.79 Å². The summed E-state index contributed by atoms with van der Waals surface area (Å²) in [7, 11) is 0. The molecule has 0 aliphatic rings. The van der Waals surface area contributed by atoms with Crippen LogP contribution < -0.4 is 0 Å². The molecule has 0 rings (SSSR count). The summed E-state index contributed by atoms with van der Waals surface area (Å²) in [6.07, 6.45) is 0.788. The quantitative estimate of drug-likeness (QED) is 0.602. The van der Waals surface area contributed by atoms with Crippen LogP contribution in [0.1, 0.15) is 33.6 Å². The molecular formula is C11H20N2O2. The largest absolute Gasteiger partial charge is 0.381 e. The average molecular weight is 212 g/mol. The van der Waals surface area contributed by atoms with Crippen molar-refractivity contribution in [1.29, 1.82) is 5.26 Å². The smallest absolute Gasteiger partial charge is 0.225 e. The number of nitrogens with zero attached hydrogens (tertiary/aromatic N) is 2. The van der Waals surface area contributed by atoms with Gasteiger partial charge in [-0.2, -0.15) is 5.26 Å². The monoisotopic (exact) mass is 212 g/mol. The molecule has 0 aromatic heterocycles. The van der Waals surface area contributed by atoms with E-state index >= 15 is 0 Å². The Bertz CT molecular complexity index is 221. The molecule has 0 radical (unpaired) electrons. The molecule has 0 saturated carbocycles. The first kappa shape index (κ1) is 13.9. The molecule has 0 bridgehead atoms. The molecule has 0 unspecified atom stereocenters. The number of rotatable bonds is 7. The van der Waals surface area contributed by atoms with Crippen molar-refractivity contribution in [3.05, 3.63) is 0 Å². The van der Waals surface area contributed by atoms with Gasteiger partial charge in [-0.25, -0.2) is 0 Å². The van der Waals surface area contributed by atoms with Crippen molar-refractivity contribution < 1.29 is 9.53 Å². The summed E-state index contributed by atoms with van der Waals surface area (Å²) < 4.78 is 5.13. The highest BCUT2D eigenvalue weighted by Crippen LogP contribution is 2.03. The fourth-order valence-corrected chi connectivity index (χ4v) is 1.29. The van der Waals surface area contributed by atoms with Crippen LogP contribution in [0.2, 0.25) is 0 Å². The van der Waals surface area contributed by atoms with Gasteiger partial charge in [0.1, 0.15) is 0 Å². The maximum atomic E-state index is 11.7. The Hall–Kier alpha value is -1.08. The molecule has 15 heavy (non-hydrogen) atoms. The summed E-state index contributed by atoms with van der Waals surface area (Å²) in [6.45, 7) is 7.42. The summed E-state index contributed by atoms with van der Waals surface area (Å²) in [5.74, 6) is 0.0636. The van der Waals surface area contributed by atoms with Gasteiger partial charge in [-0.15, -0.1) is 0 Å². The highest BCUT2D eigenvalue weighted by Gasteiger charge is 2.15. The average Bonchev–Trinajstić information content (AvgIpc) is 2.18. The van der Waals surface area contributed by atoms with E-state index in [-0.39, 0.29) is 11.9 Å². The Morgan fingerprint density at radius 2 is 2.20 bits per heavy atom. The Balaban J connectivity index is 4.00. The molecule has 0 N–H and O–H groups in total. The number of carbonyl (C=O) groups is 1. The second kappa shape index (κ2) is 8.25. The van der Waals surface area contributed by atoms with Crippen LogP contribution in [0.25, 0.3) is 0 Å². The second-order valence-corrected chi connectivity index (χ2v) is 3.54. The molecule has 0 fully saturated rings. The van der Waals surface area contributed by atoms with Gasteiger partial charge in [-0.05, 0) is 20.8 Å². The first-order valence-corrected chi connectivity index (χ1v) is 5.37. The maximum Gasteiger partial charge on any atom is 0.225 e. The van der Waals surface area contributed by atoms with Gasteiger partial charge in [0, 0.05) is 19.2 Å². The third kappa shape index (κ3) is 6.08. The number of ether oxygens (including phenoxy) is 1. The second-order valence-electron chi connectivity index (χ2n) is 3.54. The summed E-state index contributed by atoms with van der Waals surface area (Å²) in [5, 5.41) is 8.48. The highest BCUT2D eigenvalue weighted by atomic mass is 16.5. The molecule has 4 nitrogen and oxygen atoms in total. The molecule has 0 atom stereocenters. The number of amides is 1. The van der Waals surface area contributed by atoms with Crippen molar-refractivity contribution in [2.24, 2.45) is 0 Å². The van der Waals surface area contributed by atoms with Gasteiger partial charge in [0.05, 0.1) is 25.5 Å². The van der Waals surface area contributed by atoms with Gasteiger partial charge in [-0.1, -0.05) is 0 Å². The zero-order chi connectivity index (χ0) is 11.7. The van der Waals surface area contributed by atoms with Crippen molar-refractivity contribution in [3.8, 4) is 6.07 Å². The van der Waals surface area contributed by atoms with Gasteiger partial charge < -0.3 is 9.64 Å². The van der Waals surface area contributed by atoms with Crippen molar-refractivity contribution in [1.82, 2.24) is 4.90 Å². The Morgan fingerprint density at radius 1 is 1.53 bits per heavy atom. The zero-order valence-electron chi connectivity index (χ0n) is 9.82. The van der Waals surface area contributed by atoms with E-state index in [0.717, 1.165) is 0 Å². The van der Waals surface area contributed by atoms with E-state index in [0.29, 0.717) is 32.6 Å². The van der Waals surface area contributed by atoms with E-state index in [4.69, 9.17) is 10.00 Å². The van der Waals surface area contributed by atoms with Crippen LogP contribution >= 0.6 is 0 Å². The molecule has 0 heterocycles. The third-order valence-electron chi connectivity index (χ3n) is 2.07. The van der Waals surface area contributed by atoms with Crippen LogP contribution in [0.3, 0.4) is 0 Å². The van der Waals surface area contributed by atoms with Crippen LogP contribution in [0, 0.1) is 11.3 Å². The van der Waals surface area contributed by atoms with Crippen LogP contribution in [0.4, 0.5) is 0 Å². The molecule has 4 heteroatoms. The summed E-state index contributed by atoms with van der Waals surface area (Å²) in [4.78, 5) is 13.4. The SMILES string of the molecule is CCOCCC(=O)N(CCC#N)C(C)C. The lowest BCUT2D eigenvalue weighted by Crippen LogP contribution is -2.38. The molecule has 0 aliphatic carbocycles. The first-order chi connectivity index (χ1) is 7.13. The molecule has 0 spiro atoms. The van der Waals surface area contributed by atoms with Crippen molar-refractivity contribution in [2.45, 2.75) is 39.7 Å². The molecule has 0 aromatic rings. The Morgan fingerprint density at radius 3 is 2.67 bits per heavy atom. The van der Waals surface area contributed by atoms with Gasteiger partial charge in [0.15, 0.2) is 0 Å². The zero-order valence-corrected chi connectivity index (χ0v) is 9.82. The van der Waals surface area contributed by atoms with E-state index in [1.54, 1.807) is 4.90 Å². The summed E-state index contributed by atoms with van der Waals surface area (Å²) in [5.41, 5.74) is 0. The molecule has 0 aliphatic heterocycles. The van der Waals surface area contributed by atoms with E-state index in [1.807, 2.05) is 20.8 Å². The van der Waals surface area contributed by atoms with E-state index < -0.39 is 0 Å². The fourth-order valence-electron chi connectivity index (χ4n) is 1.29. The molecule has 0 saturated heterocycles. The minimum atomic E-state index is 0.0636. The number of hydrogen-bond donors (Lipinski definition) is 0. The van der Waals surface area contributed by atoms with Crippen molar-refractivity contribution in [3.63, 3.8) is 0 Å². The normalized spacial score (nSPS) is 10.1. The van der Waals surface area contributed by atoms with E-state index in [1.165, 1.54) is 0 Å². The molecule has 1 amide bonds. The van der Waals surface area contributed by atoms with Gasteiger partial charge in [0.2, 0.25) is 5.91 Å². The molecule has 0 aromatic carbocycles. The molecular weight excluding hydrogens is 192 g/mol. The molecule has 86 valence electrons. The highest BCUT2D eigenvalue weighted by molar-refractivity contribution is 5.76. The van der Waals surface area contributed by atoms with Crippen LogP contribution in [0.15, 0.2) is 0 Å². The predicted octanol–water partition coefficient (Wildman–Crippen LogP) is 1.56. The number of nitriles is 1. The fraction of sp³-hybridized carbons (Fsp3) is 0.818. The van der Waals surface area contributed by atoms with Gasteiger partial charge in [0.25, 0.3) is 0 Å². The topological polar surface area (TPSA) is 53.3 Å². The van der Waals surface area contributed by atoms with E-state index in [2.05, 4.69) is 6.07 Å². The first-order valence-electron chi connectivity index (χ1n) is 5.37. The Kier molecular flexibility index (Phi) is 7.65. The summed E-state index contributed by atoms with van der Waals surface area (Å²) >= 11 is 0. The third-order valence-corrected chi connectivity index (χ3v) is 2.07. The lowest BCUT2D eigenvalue weighted by molar-refractivity contribution is -0.133. The number of hydrogen-bond acceptors (Lipinski definition) is 3. The number of carbonyl (C=O) groups excluding carboxylic acids is 1. The maximum absolute atomic E-state index is 11.7.